The van der Waals surface area contributed by atoms with E-state index in [9.17, 15) is 43.2 Å². The van der Waals surface area contributed by atoms with Gasteiger partial charge in [0.2, 0.25) is 0 Å². The van der Waals surface area contributed by atoms with Crippen LogP contribution in [0.3, 0.4) is 0 Å². The SMILES string of the molecule is CCCCCCCCCCCC(=O)OC[C@H](COP(=O)(O)OC[C@H](O)COP(=O)(O)OC[C@@H](COC(=O)CCCCCCCCCCCCCCCCCCC(C)C)OC(=O)CCCCCCCCCCCCCCCCCCCCC(C)CC)OC(=O)CCCCCCCCC(C)CC. The number of phosphoric acid groups is 2. The summed E-state index contributed by atoms with van der Waals surface area (Å²) >= 11 is 0. The van der Waals surface area contributed by atoms with Crippen molar-refractivity contribution in [3.05, 3.63) is 0 Å². The van der Waals surface area contributed by atoms with E-state index >= 15 is 0 Å². The van der Waals surface area contributed by atoms with Crippen molar-refractivity contribution >= 4 is 39.5 Å². The third-order valence-corrected chi connectivity index (χ3v) is 21.5. The van der Waals surface area contributed by atoms with Crippen LogP contribution in [0.2, 0.25) is 0 Å². The topological polar surface area (TPSA) is 237 Å². The van der Waals surface area contributed by atoms with E-state index in [0.717, 1.165) is 108 Å². The molecule has 17 nitrogen and oxygen atoms in total. The molecule has 19 heteroatoms. The molecule has 0 amide bonds. The van der Waals surface area contributed by atoms with Crippen LogP contribution >= 0.6 is 15.6 Å². The van der Waals surface area contributed by atoms with Gasteiger partial charge in [0.15, 0.2) is 12.2 Å². The van der Waals surface area contributed by atoms with Crippen molar-refractivity contribution in [2.75, 3.05) is 39.6 Å². The average Bonchev–Trinajstić information content (AvgIpc) is 0.966. The van der Waals surface area contributed by atoms with Gasteiger partial charge in [-0.2, -0.15) is 0 Å². The molecule has 4 unspecified atom stereocenters. The molecule has 0 heterocycles. The summed E-state index contributed by atoms with van der Waals surface area (Å²) in [4.78, 5) is 72.9. The first-order valence-corrected chi connectivity index (χ1v) is 44.9. The van der Waals surface area contributed by atoms with E-state index in [1.54, 1.807) is 0 Å². The average molecular weight is 1470 g/mol. The van der Waals surface area contributed by atoms with Gasteiger partial charge < -0.3 is 33.8 Å². The number of ether oxygens (including phenoxy) is 4. The van der Waals surface area contributed by atoms with Crippen molar-refractivity contribution in [2.24, 2.45) is 17.8 Å². The molecule has 0 rings (SSSR count). The number of hydrogen-bond donors (Lipinski definition) is 3. The Hall–Kier alpha value is -1.94. The second-order valence-electron chi connectivity index (χ2n) is 30.1. The first-order valence-electron chi connectivity index (χ1n) is 41.9. The van der Waals surface area contributed by atoms with E-state index in [-0.39, 0.29) is 25.7 Å². The summed E-state index contributed by atoms with van der Waals surface area (Å²) in [6, 6.07) is 0. The van der Waals surface area contributed by atoms with Gasteiger partial charge in [0.1, 0.15) is 19.3 Å². The smallest absolute Gasteiger partial charge is 0.462 e. The quantitative estimate of drug-likeness (QED) is 0.0222. The maximum absolute atomic E-state index is 13.1. The molecule has 0 spiro atoms. The van der Waals surface area contributed by atoms with Crippen molar-refractivity contribution < 1.29 is 80.2 Å². The predicted octanol–water partition coefficient (Wildman–Crippen LogP) is 24.1. The highest BCUT2D eigenvalue weighted by molar-refractivity contribution is 7.47. The Bertz CT molecular complexity index is 1940. The minimum absolute atomic E-state index is 0.103. The molecule has 0 aromatic carbocycles. The summed E-state index contributed by atoms with van der Waals surface area (Å²) < 4.78 is 68.6. The van der Waals surface area contributed by atoms with E-state index in [2.05, 4.69) is 48.5 Å². The second-order valence-corrected chi connectivity index (χ2v) is 33.0. The number of carbonyl (C=O) groups is 4. The Labute approximate surface area is 613 Å². The minimum Gasteiger partial charge on any atom is -0.462 e. The molecule has 0 radical (unpaired) electrons. The minimum atomic E-state index is -4.96. The lowest BCUT2D eigenvalue weighted by Crippen LogP contribution is -2.30. The third kappa shape index (κ3) is 71.7. The summed E-state index contributed by atoms with van der Waals surface area (Å²) in [6.07, 6.45) is 59.9. The number of hydrogen-bond acceptors (Lipinski definition) is 15. The van der Waals surface area contributed by atoms with Crippen LogP contribution in [0.15, 0.2) is 0 Å². The Morgan fingerprint density at radius 1 is 0.290 bits per heavy atom. The van der Waals surface area contributed by atoms with Gasteiger partial charge in [-0.25, -0.2) is 9.13 Å². The number of aliphatic hydroxyl groups is 1. The second kappa shape index (κ2) is 71.3. The first-order chi connectivity index (χ1) is 48.3. The van der Waals surface area contributed by atoms with E-state index < -0.39 is 97.5 Å². The zero-order chi connectivity index (χ0) is 73.7. The van der Waals surface area contributed by atoms with Crippen LogP contribution in [0.5, 0.6) is 0 Å². The molecule has 0 aliphatic rings. The molecule has 0 fully saturated rings. The summed E-state index contributed by atoms with van der Waals surface area (Å²) in [5, 5.41) is 10.6. The molecule has 3 N–H and O–H groups in total. The largest absolute Gasteiger partial charge is 0.472 e. The van der Waals surface area contributed by atoms with Crippen molar-refractivity contribution in [1.82, 2.24) is 0 Å². The maximum atomic E-state index is 13.1. The summed E-state index contributed by atoms with van der Waals surface area (Å²) in [5.41, 5.74) is 0. The number of unbranched alkanes of at least 4 members (excludes halogenated alkanes) is 45. The van der Waals surface area contributed by atoms with Crippen LogP contribution in [-0.2, 0) is 65.4 Å². The fourth-order valence-electron chi connectivity index (χ4n) is 12.4. The van der Waals surface area contributed by atoms with Gasteiger partial charge >= 0.3 is 39.5 Å². The predicted molar refractivity (Wildman–Crippen MR) is 409 cm³/mol. The van der Waals surface area contributed by atoms with Crippen LogP contribution in [0.1, 0.15) is 421 Å². The number of aliphatic hydroxyl groups excluding tert-OH is 1. The highest BCUT2D eigenvalue weighted by atomic mass is 31.2. The van der Waals surface area contributed by atoms with Crippen LogP contribution in [0, 0.1) is 17.8 Å². The van der Waals surface area contributed by atoms with E-state index in [4.69, 9.17) is 37.0 Å². The summed E-state index contributed by atoms with van der Waals surface area (Å²) in [6.45, 7) is 12.0. The molecular formula is C81H158O17P2. The van der Waals surface area contributed by atoms with Crippen LogP contribution < -0.4 is 0 Å². The molecule has 0 saturated heterocycles. The lowest BCUT2D eigenvalue weighted by molar-refractivity contribution is -0.161. The normalized spacial score (nSPS) is 14.5. The van der Waals surface area contributed by atoms with Gasteiger partial charge in [0.25, 0.3) is 0 Å². The van der Waals surface area contributed by atoms with Crippen LogP contribution in [0.25, 0.3) is 0 Å². The fraction of sp³-hybridized carbons (Fsp3) is 0.951. The standard InChI is InChI=1S/C81H158O17P2/c1-8-11-12-13-14-33-40-48-55-62-78(83)91-69-77(98-81(86)65-58-51-44-43-47-54-61-74(7)10-3)71-96-100(89,90)94-67-75(82)66-93-99(87,88)95-70-76(68-92-79(84)63-56-49-41-36-31-27-23-20-19-21-25-29-34-38-45-52-59-72(4)5)97-80(85)64-57-50-42-37-32-28-24-18-16-15-17-22-26-30-35-39-46-53-60-73(6)9-2/h72-77,82H,8-71H2,1-7H3,(H,87,88)(H,89,90)/t73?,74?,75-,76-,77-/m1/s1. The lowest BCUT2D eigenvalue weighted by Gasteiger charge is -2.21. The van der Waals surface area contributed by atoms with Gasteiger partial charge in [-0.3, -0.25) is 37.3 Å². The van der Waals surface area contributed by atoms with E-state index in [1.165, 1.54) is 231 Å². The monoisotopic (exact) mass is 1470 g/mol. The first kappa shape index (κ1) is 98.1. The Morgan fingerprint density at radius 2 is 0.510 bits per heavy atom. The van der Waals surface area contributed by atoms with Gasteiger partial charge in [0, 0.05) is 25.7 Å². The van der Waals surface area contributed by atoms with Crippen LogP contribution in [0.4, 0.5) is 0 Å². The number of rotatable bonds is 79. The van der Waals surface area contributed by atoms with E-state index in [1.807, 2.05) is 0 Å². The van der Waals surface area contributed by atoms with Gasteiger partial charge in [-0.15, -0.1) is 0 Å². The van der Waals surface area contributed by atoms with Crippen molar-refractivity contribution in [3.8, 4) is 0 Å². The number of esters is 4. The summed E-state index contributed by atoms with van der Waals surface area (Å²) in [7, 11) is -9.91. The van der Waals surface area contributed by atoms with Crippen molar-refractivity contribution in [3.63, 3.8) is 0 Å². The highest BCUT2D eigenvalue weighted by Gasteiger charge is 2.30. The molecule has 0 aromatic heterocycles. The molecule has 0 aliphatic carbocycles. The molecule has 0 aromatic rings. The van der Waals surface area contributed by atoms with Gasteiger partial charge in [-0.05, 0) is 43.4 Å². The van der Waals surface area contributed by atoms with Crippen molar-refractivity contribution in [2.45, 2.75) is 439 Å². The molecule has 7 atom stereocenters. The lowest BCUT2D eigenvalue weighted by atomic mass is 9.99. The number of carbonyl (C=O) groups excluding carboxylic acids is 4. The van der Waals surface area contributed by atoms with Crippen LogP contribution in [-0.4, -0.2) is 96.7 Å². The summed E-state index contributed by atoms with van der Waals surface area (Å²) in [5.74, 6) is 0.288. The third-order valence-electron chi connectivity index (χ3n) is 19.6. The molecule has 0 aliphatic heterocycles. The Balaban J connectivity index is 5.18. The van der Waals surface area contributed by atoms with Gasteiger partial charge in [-0.1, -0.05) is 370 Å². The maximum Gasteiger partial charge on any atom is 0.472 e. The Morgan fingerprint density at radius 3 is 0.760 bits per heavy atom. The molecule has 0 bridgehead atoms. The zero-order valence-corrected chi connectivity index (χ0v) is 67.5. The highest BCUT2D eigenvalue weighted by Crippen LogP contribution is 2.45. The molecular weight excluding hydrogens is 1310 g/mol. The fourth-order valence-corrected chi connectivity index (χ4v) is 14.0. The number of phosphoric ester groups is 2. The molecule has 0 saturated carbocycles. The van der Waals surface area contributed by atoms with E-state index in [0.29, 0.717) is 25.7 Å². The molecule has 594 valence electrons. The van der Waals surface area contributed by atoms with Crippen molar-refractivity contribution in [1.29, 1.82) is 0 Å². The zero-order valence-electron chi connectivity index (χ0n) is 65.7. The van der Waals surface area contributed by atoms with Gasteiger partial charge in [0.05, 0.1) is 26.4 Å². The molecule has 100 heavy (non-hydrogen) atoms. The Kier molecular flexibility index (Phi) is 69.9.